The molecule has 0 saturated heterocycles. The summed E-state index contributed by atoms with van der Waals surface area (Å²) in [5.41, 5.74) is -0.0366. The number of amides is 1. The van der Waals surface area contributed by atoms with Crippen LogP contribution in [0.5, 0.6) is 0 Å². The fraction of sp³-hybridized carbons (Fsp3) is 0.381. The van der Waals surface area contributed by atoms with Crippen molar-refractivity contribution in [3.8, 4) is 11.1 Å². The van der Waals surface area contributed by atoms with Crippen LogP contribution < -0.4 is 0 Å². The Kier molecular flexibility index (Phi) is 5.58. The Morgan fingerprint density at radius 3 is 2.41 bits per heavy atom. The van der Waals surface area contributed by atoms with Gasteiger partial charge in [-0.1, -0.05) is 51.1 Å². The van der Waals surface area contributed by atoms with Gasteiger partial charge < -0.3 is 4.74 Å². The molecule has 0 N–H and O–H groups in total. The molecule has 1 aliphatic heterocycles. The zero-order valence-electron chi connectivity index (χ0n) is 16.2. The number of nitrogens with zero attached hydrogens (tertiary/aromatic N) is 2. The van der Waals surface area contributed by atoms with Gasteiger partial charge in [0.25, 0.3) is 5.91 Å². The van der Waals surface area contributed by atoms with E-state index in [0.717, 1.165) is 11.6 Å². The molecule has 1 aliphatic rings. The van der Waals surface area contributed by atoms with E-state index >= 15 is 0 Å². The van der Waals surface area contributed by atoms with Crippen molar-refractivity contribution in [1.29, 1.82) is 0 Å². The molecular formula is C21H20F4N2O2. The zero-order chi connectivity index (χ0) is 21.4. The molecule has 2 aromatic rings. The van der Waals surface area contributed by atoms with Crippen molar-refractivity contribution >= 4 is 5.91 Å². The van der Waals surface area contributed by atoms with Crippen LogP contribution in [0.1, 0.15) is 37.5 Å². The summed E-state index contributed by atoms with van der Waals surface area (Å²) in [7, 11) is 0. The van der Waals surface area contributed by atoms with E-state index in [9.17, 15) is 22.4 Å². The number of hydrogen-bond donors (Lipinski definition) is 0. The second-order valence-electron chi connectivity index (χ2n) is 7.87. The molecular weight excluding hydrogens is 388 g/mol. The van der Waals surface area contributed by atoms with Crippen LogP contribution in [-0.2, 0) is 27.5 Å². The molecule has 0 saturated carbocycles. The number of carbonyl (C=O) groups excluding carboxylic acids is 1. The second kappa shape index (κ2) is 7.67. The number of azo groups is 1. The lowest BCUT2D eigenvalue weighted by Crippen LogP contribution is -2.22. The van der Waals surface area contributed by atoms with E-state index in [4.69, 9.17) is 4.74 Å². The summed E-state index contributed by atoms with van der Waals surface area (Å²) in [6, 6.07) is 8.49. The Bertz CT molecular complexity index is 962. The van der Waals surface area contributed by atoms with Gasteiger partial charge in [0, 0.05) is 12.0 Å². The molecule has 3 rings (SSSR count). The first-order valence-electron chi connectivity index (χ1n) is 9.01. The number of hydrogen-bond acceptors (Lipinski definition) is 3. The van der Waals surface area contributed by atoms with Gasteiger partial charge in [-0.3, -0.25) is 4.79 Å². The highest BCUT2D eigenvalue weighted by atomic mass is 19.4. The molecule has 1 atom stereocenters. The Balaban J connectivity index is 2.13. The molecule has 4 nitrogen and oxygen atoms in total. The van der Waals surface area contributed by atoms with Gasteiger partial charge in [0.05, 0.1) is 5.56 Å². The molecule has 8 heteroatoms. The molecule has 2 aromatic carbocycles. The Morgan fingerprint density at radius 2 is 1.83 bits per heavy atom. The van der Waals surface area contributed by atoms with Gasteiger partial charge in [0.2, 0.25) is 0 Å². The average molecular weight is 408 g/mol. The van der Waals surface area contributed by atoms with Gasteiger partial charge >= 0.3 is 6.18 Å². The molecule has 1 unspecified atom stereocenters. The maximum atomic E-state index is 14.9. The third-order valence-electron chi connectivity index (χ3n) is 4.66. The molecule has 0 fully saturated rings. The lowest BCUT2D eigenvalue weighted by atomic mass is 9.83. The van der Waals surface area contributed by atoms with Crippen molar-refractivity contribution in [1.82, 2.24) is 0 Å². The Labute approximate surface area is 165 Å². The van der Waals surface area contributed by atoms with E-state index in [0.29, 0.717) is 11.1 Å². The molecule has 1 amide bonds. The van der Waals surface area contributed by atoms with Gasteiger partial charge in [-0.2, -0.15) is 18.3 Å². The molecule has 1 heterocycles. The predicted molar refractivity (Wildman–Crippen MR) is 98.8 cm³/mol. The molecule has 0 bridgehead atoms. The number of carbonyl (C=O) groups is 1. The van der Waals surface area contributed by atoms with Crippen LogP contribution in [0.2, 0.25) is 0 Å². The fourth-order valence-corrected chi connectivity index (χ4v) is 3.08. The molecule has 0 aliphatic carbocycles. The van der Waals surface area contributed by atoms with Gasteiger partial charge in [-0.15, -0.1) is 5.11 Å². The SMILES string of the molecule is CC(C)(C)c1ccc(CC2N=NC(=O)CO2)c(-c2cccc(C(F)(F)F)c2F)c1. The van der Waals surface area contributed by atoms with Crippen molar-refractivity contribution < 1.29 is 27.1 Å². The first kappa shape index (κ1) is 21.1. The summed E-state index contributed by atoms with van der Waals surface area (Å²) in [5.74, 6) is -1.83. The maximum absolute atomic E-state index is 14.9. The number of ether oxygens (including phenoxy) is 1. The van der Waals surface area contributed by atoms with E-state index in [1.165, 1.54) is 12.1 Å². The van der Waals surface area contributed by atoms with Crippen LogP contribution in [0.3, 0.4) is 0 Å². The Morgan fingerprint density at radius 1 is 1.10 bits per heavy atom. The number of rotatable bonds is 3. The highest BCUT2D eigenvalue weighted by Crippen LogP contribution is 2.38. The van der Waals surface area contributed by atoms with Crippen molar-refractivity contribution in [2.75, 3.05) is 6.61 Å². The maximum Gasteiger partial charge on any atom is 0.419 e. The van der Waals surface area contributed by atoms with Crippen molar-refractivity contribution in [2.24, 2.45) is 10.2 Å². The quantitative estimate of drug-likeness (QED) is 0.613. The van der Waals surface area contributed by atoms with Gasteiger partial charge in [0.15, 0.2) is 6.23 Å². The highest BCUT2D eigenvalue weighted by Gasteiger charge is 2.35. The van der Waals surface area contributed by atoms with E-state index in [2.05, 4.69) is 10.2 Å². The minimum absolute atomic E-state index is 0.145. The van der Waals surface area contributed by atoms with Gasteiger partial charge in [0.1, 0.15) is 12.4 Å². The fourth-order valence-electron chi connectivity index (χ4n) is 3.08. The molecule has 0 aromatic heterocycles. The number of benzene rings is 2. The predicted octanol–water partition coefficient (Wildman–Crippen LogP) is 5.69. The van der Waals surface area contributed by atoms with Crippen molar-refractivity contribution in [3.05, 3.63) is 58.9 Å². The lowest BCUT2D eigenvalue weighted by Gasteiger charge is -2.23. The smallest absolute Gasteiger partial charge is 0.344 e. The van der Waals surface area contributed by atoms with Crippen LogP contribution in [0.4, 0.5) is 17.6 Å². The summed E-state index contributed by atoms with van der Waals surface area (Å²) in [6.45, 7) is 5.65. The third kappa shape index (κ3) is 4.70. The topological polar surface area (TPSA) is 51.0 Å². The Hall–Kier alpha value is -2.61. The standard InChI is InChI=1S/C21H20F4N2O2/c1-20(2,3)13-8-7-12(9-18-27-26-17(28)11-29-18)15(10-13)14-5-4-6-16(19(14)22)21(23,24)25/h4-8,10,18H,9,11H2,1-3H3. The van der Waals surface area contributed by atoms with E-state index in [-0.39, 0.29) is 24.0 Å². The molecule has 0 radical (unpaired) electrons. The van der Waals surface area contributed by atoms with E-state index < -0.39 is 29.7 Å². The van der Waals surface area contributed by atoms with E-state index in [1.807, 2.05) is 26.8 Å². The summed E-state index contributed by atoms with van der Waals surface area (Å²) in [6.07, 6.45) is -5.42. The van der Waals surface area contributed by atoms with Crippen LogP contribution in [0.15, 0.2) is 46.6 Å². The average Bonchev–Trinajstić information content (AvgIpc) is 2.62. The van der Waals surface area contributed by atoms with Crippen LogP contribution in [0, 0.1) is 5.82 Å². The highest BCUT2D eigenvalue weighted by molar-refractivity contribution is 5.78. The monoisotopic (exact) mass is 408 g/mol. The third-order valence-corrected chi connectivity index (χ3v) is 4.66. The first-order chi connectivity index (χ1) is 13.5. The summed E-state index contributed by atoms with van der Waals surface area (Å²) >= 11 is 0. The number of alkyl halides is 3. The second-order valence-corrected chi connectivity index (χ2v) is 7.87. The molecule has 0 spiro atoms. The largest absolute Gasteiger partial charge is 0.419 e. The lowest BCUT2D eigenvalue weighted by molar-refractivity contribution is -0.139. The normalized spacial score (nSPS) is 17.6. The van der Waals surface area contributed by atoms with Crippen molar-refractivity contribution in [3.63, 3.8) is 0 Å². The van der Waals surface area contributed by atoms with Crippen LogP contribution >= 0.6 is 0 Å². The van der Waals surface area contributed by atoms with Crippen molar-refractivity contribution in [2.45, 2.75) is 45.0 Å². The molecule has 154 valence electrons. The summed E-state index contributed by atoms with van der Waals surface area (Å²) < 4.78 is 59.8. The minimum Gasteiger partial charge on any atom is -0.344 e. The van der Waals surface area contributed by atoms with Crippen LogP contribution in [0.25, 0.3) is 11.1 Å². The molecule has 29 heavy (non-hydrogen) atoms. The number of halogens is 4. The van der Waals surface area contributed by atoms with E-state index in [1.54, 1.807) is 12.1 Å². The summed E-state index contributed by atoms with van der Waals surface area (Å²) in [4.78, 5) is 11.1. The minimum atomic E-state index is -4.80. The first-order valence-corrected chi connectivity index (χ1v) is 9.01. The van der Waals surface area contributed by atoms with Crippen LogP contribution in [-0.4, -0.2) is 18.7 Å². The van der Waals surface area contributed by atoms with Gasteiger partial charge in [-0.25, -0.2) is 4.39 Å². The zero-order valence-corrected chi connectivity index (χ0v) is 16.2. The van der Waals surface area contributed by atoms with Gasteiger partial charge in [-0.05, 0) is 28.2 Å². The summed E-state index contributed by atoms with van der Waals surface area (Å²) in [5, 5.41) is 7.24.